The fourth-order valence-corrected chi connectivity index (χ4v) is 4.48. The normalized spacial score (nSPS) is 17.5. The van der Waals surface area contributed by atoms with Crippen LogP contribution in [0.3, 0.4) is 0 Å². The highest BCUT2D eigenvalue weighted by molar-refractivity contribution is 5.97. The topological polar surface area (TPSA) is 82.5 Å². The van der Waals surface area contributed by atoms with E-state index in [0.717, 1.165) is 36.7 Å². The molecule has 9 heteroatoms. The summed E-state index contributed by atoms with van der Waals surface area (Å²) in [5.41, 5.74) is 1.82. The summed E-state index contributed by atoms with van der Waals surface area (Å²) in [4.78, 5) is 24.9. The van der Waals surface area contributed by atoms with Crippen LogP contribution in [0.25, 0.3) is 0 Å². The molecule has 0 radical (unpaired) electrons. The van der Waals surface area contributed by atoms with Gasteiger partial charge in [0, 0.05) is 32.7 Å². The molecule has 0 bridgehead atoms. The summed E-state index contributed by atoms with van der Waals surface area (Å²) in [6, 6.07) is 3.40. The summed E-state index contributed by atoms with van der Waals surface area (Å²) in [5.74, 6) is -3.31. The van der Waals surface area contributed by atoms with E-state index in [1.54, 1.807) is 0 Å². The van der Waals surface area contributed by atoms with E-state index in [1.807, 2.05) is 11.6 Å². The molecule has 32 heavy (non-hydrogen) atoms. The highest BCUT2D eigenvalue weighted by Crippen LogP contribution is 2.37. The fourth-order valence-electron chi connectivity index (χ4n) is 4.48. The minimum Gasteiger partial charge on any atom is -0.462 e. The highest BCUT2D eigenvalue weighted by Gasteiger charge is 2.39. The number of rotatable bonds is 6. The maximum Gasteiger partial charge on any atom is 0.341 e. The van der Waals surface area contributed by atoms with Gasteiger partial charge in [0.2, 0.25) is 0 Å². The largest absolute Gasteiger partial charge is 0.462 e. The Morgan fingerprint density at radius 2 is 2.09 bits per heavy atom. The number of hydrogen-bond donors (Lipinski definition) is 1. The number of aryl methyl sites for hydroxylation is 2. The highest BCUT2D eigenvalue weighted by atomic mass is 19.2. The van der Waals surface area contributed by atoms with Gasteiger partial charge in [-0.25, -0.2) is 13.6 Å². The van der Waals surface area contributed by atoms with E-state index in [4.69, 9.17) is 9.47 Å². The van der Waals surface area contributed by atoms with E-state index < -0.39 is 23.2 Å². The van der Waals surface area contributed by atoms with Crippen LogP contribution in [-0.4, -0.2) is 48.0 Å². The minimum absolute atomic E-state index is 0.0239. The number of nitrogens with one attached hydrogen (secondary N) is 1. The molecule has 2 aliphatic rings. The maximum atomic E-state index is 13.8. The van der Waals surface area contributed by atoms with Crippen LogP contribution in [0.4, 0.5) is 8.78 Å². The van der Waals surface area contributed by atoms with Crippen LogP contribution in [0.5, 0.6) is 0 Å². The number of halogens is 2. The number of amides is 1. The Balaban J connectivity index is 1.46. The third-order valence-electron chi connectivity index (χ3n) is 6.33. The van der Waals surface area contributed by atoms with Crippen LogP contribution < -0.4 is 5.32 Å². The number of nitrogens with zero attached hydrogens (tertiary/aromatic N) is 2. The molecule has 0 unspecified atom stereocenters. The van der Waals surface area contributed by atoms with Crippen molar-refractivity contribution in [2.45, 2.75) is 45.6 Å². The van der Waals surface area contributed by atoms with Gasteiger partial charge in [-0.15, -0.1) is 0 Å². The van der Waals surface area contributed by atoms with Crippen LogP contribution in [-0.2, 0) is 28.9 Å². The molecule has 1 saturated heterocycles. The van der Waals surface area contributed by atoms with Crippen LogP contribution in [0.15, 0.2) is 18.2 Å². The molecule has 4 rings (SSSR count). The number of carbonyl (C=O) groups excluding carboxylic acids is 2. The third kappa shape index (κ3) is 4.39. The van der Waals surface area contributed by atoms with Gasteiger partial charge in [0.15, 0.2) is 11.6 Å². The Hall–Kier alpha value is -2.81. The van der Waals surface area contributed by atoms with Crippen molar-refractivity contribution in [3.8, 4) is 0 Å². The first-order valence-electron chi connectivity index (χ1n) is 11.0. The van der Waals surface area contributed by atoms with E-state index in [-0.39, 0.29) is 17.9 Å². The van der Waals surface area contributed by atoms with Crippen molar-refractivity contribution in [2.24, 2.45) is 5.41 Å². The number of ether oxygens (including phenoxy) is 2. The molecule has 1 aromatic carbocycles. The lowest BCUT2D eigenvalue weighted by Crippen LogP contribution is -2.40. The molecule has 2 aromatic rings. The van der Waals surface area contributed by atoms with E-state index in [1.165, 1.54) is 12.1 Å². The number of fused-ring (bicyclic) bond motifs is 1. The molecule has 1 fully saturated rings. The summed E-state index contributed by atoms with van der Waals surface area (Å²) in [7, 11) is 0. The Kier molecular flexibility index (Phi) is 6.55. The number of carbonyl (C=O) groups is 2. The Labute approximate surface area is 185 Å². The van der Waals surface area contributed by atoms with Crippen LogP contribution >= 0.6 is 0 Å². The monoisotopic (exact) mass is 447 g/mol. The summed E-state index contributed by atoms with van der Waals surface area (Å²) < 4.78 is 39.6. The van der Waals surface area contributed by atoms with Gasteiger partial charge in [-0.05, 0) is 43.2 Å². The average Bonchev–Trinajstić information content (AvgIpc) is 3.07. The van der Waals surface area contributed by atoms with Gasteiger partial charge in [-0.2, -0.15) is 5.10 Å². The Morgan fingerprint density at radius 3 is 2.84 bits per heavy atom. The molecule has 2 aliphatic heterocycles. The number of hydrogen-bond acceptors (Lipinski definition) is 5. The first kappa shape index (κ1) is 22.4. The molecule has 0 saturated carbocycles. The van der Waals surface area contributed by atoms with Gasteiger partial charge in [0.25, 0.3) is 5.91 Å². The molecule has 1 spiro atoms. The summed E-state index contributed by atoms with van der Waals surface area (Å²) >= 11 is 0. The van der Waals surface area contributed by atoms with Gasteiger partial charge < -0.3 is 14.8 Å². The summed E-state index contributed by atoms with van der Waals surface area (Å²) in [6.45, 7) is 4.39. The zero-order chi connectivity index (χ0) is 22.7. The number of aromatic nitrogens is 2. The van der Waals surface area contributed by atoms with Crippen molar-refractivity contribution in [3.63, 3.8) is 0 Å². The van der Waals surface area contributed by atoms with Crippen molar-refractivity contribution in [3.05, 3.63) is 52.3 Å². The van der Waals surface area contributed by atoms with Crippen molar-refractivity contribution in [2.75, 3.05) is 26.4 Å². The van der Waals surface area contributed by atoms with Gasteiger partial charge in [0.1, 0.15) is 0 Å². The van der Waals surface area contributed by atoms with Crippen LogP contribution in [0.2, 0.25) is 0 Å². The van der Waals surface area contributed by atoms with Crippen molar-refractivity contribution in [1.29, 1.82) is 0 Å². The molecule has 1 amide bonds. The SMILES string of the molecule is CCc1nn(CCCOC(=O)c2cccc(F)c2F)c2c1C(=O)NCC1(CCOCC1)C2. The first-order chi connectivity index (χ1) is 15.4. The quantitative estimate of drug-likeness (QED) is 0.544. The first-order valence-corrected chi connectivity index (χ1v) is 11.0. The molecule has 3 heterocycles. The summed E-state index contributed by atoms with van der Waals surface area (Å²) in [6.07, 6.45) is 3.53. The summed E-state index contributed by atoms with van der Waals surface area (Å²) in [5, 5.41) is 7.73. The minimum atomic E-state index is -1.21. The zero-order valence-electron chi connectivity index (χ0n) is 18.1. The molecular weight excluding hydrogens is 420 g/mol. The second-order valence-electron chi connectivity index (χ2n) is 8.41. The molecule has 1 aromatic heterocycles. The standard InChI is InChI=1S/C23H27F2N3O4/c1-2-17-19-18(13-23(14-26-21(19)29)7-11-31-12-8-23)28(27-17)9-4-10-32-22(30)15-5-3-6-16(24)20(15)25/h3,5-6H,2,4,7-14H2,1H3,(H,26,29). The maximum absolute atomic E-state index is 13.8. The lowest BCUT2D eigenvalue weighted by Gasteiger charge is -2.36. The second-order valence-corrected chi connectivity index (χ2v) is 8.41. The molecular formula is C23H27F2N3O4. The van der Waals surface area contributed by atoms with E-state index in [0.29, 0.717) is 44.7 Å². The molecule has 0 atom stereocenters. The number of benzene rings is 1. The van der Waals surface area contributed by atoms with E-state index in [9.17, 15) is 18.4 Å². The van der Waals surface area contributed by atoms with Gasteiger partial charge in [-0.1, -0.05) is 13.0 Å². The van der Waals surface area contributed by atoms with Crippen molar-refractivity contribution < 1.29 is 27.8 Å². The molecule has 172 valence electrons. The van der Waals surface area contributed by atoms with Crippen molar-refractivity contribution >= 4 is 11.9 Å². The van der Waals surface area contributed by atoms with Crippen LogP contribution in [0, 0.1) is 17.0 Å². The van der Waals surface area contributed by atoms with Crippen LogP contribution in [0.1, 0.15) is 58.3 Å². The Bertz CT molecular complexity index is 1010. The molecule has 0 aliphatic carbocycles. The predicted molar refractivity (Wildman–Crippen MR) is 111 cm³/mol. The predicted octanol–water partition coefficient (Wildman–Crippen LogP) is 3.05. The molecule has 7 nitrogen and oxygen atoms in total. The zero-order valence-corrected chi connectivity index (χ0v) is 18.1. The second kappa shape index (κ2) is 9.36. The van der Waals surface area contributed by atoms with Gasteiger partial charge in [0.05, 0.1) is 29.1 Å². The molecule has 1 N–H and O–H groups in total. The van der Waals surface area contributed by atoms with Gasteiger partial charge >= 0.3 is 5.97 Å². The van der Waals surface area contributed by atoms with Crippen molar-refractivity contribution in [1.82, 2.24) is 15.1 Å². The average molecular weight is 447 g/mol. The fraction of sp³-hybridized carbons (Fsp3) is 0.522. The third-order valence-corrected chi connectivity index (χ3v) is 6.33. The lowest BCUT2D eigenvalue weighted by molar-refractivity contribution is 0.0152. The lowest BCUT2D eigenvalue weighted by atomic mass is 9.76. The van der Waals surface area contributed by atoms with Gasteiger partial charge in [-0.3, -0.25) is 9.48 Å². The number of esters is 1. The van der Waals surface area contributed by atoms with E-state index >= 15 is 0 Å². The van der Waals surface area contributed by atoms with E-state index in [2.05, 4.69) is 10.4 Å². The smallest absolute Gasteiger partial charge is 0.341 e. The Morgan fingerprint density at radius 1 is 1.31 bits per heavy atom.